The molecular weight excluding hydrogens is 176 g/mol. The van der Waals surface area contributed by atoms with E-state index in [0.717, 1.165) is 0 Å². The lowest BCUT2D eigenvalue weighted by Gasteiger charge is -2.18. The Balaban J connectivity index is 3.00. The molecule has 0 spiro atoms. The Labute approximate surface area is 83.7 Å². The molecule has 0 aromatic heterocycles. The van der Waals surface area contributed by atoms with Crippen LogP contribution in [0.3, 0.4) is 0 Å². The molecule has 1 amide bonds. The van der Waals surface area contributed by atoms with Gasteiger partial charge in [-0.05, 0) is 23.1 Å². The van der Waals surface area contributed by atoms with Crippen LogP contribution < -0.4 is 0 Å². The molecule has 74 valence electrons. The third kappa shape index (κ3) is 2.25. The van der Waals surface area contributed by atoms with Crippen LogP contribution in [0.2, 0.25) is 0 Å². The molecule has 3 nitrogen and oxygen atoms in total. The van der Waals surface area contributed by atoms with Gasteiger partial charge in [-0.2, -0.15) is 0 Å². The number of carbonyl (C=O) groups excluding carboxylic acids is 1. The average molecular weight is 190 g/mol. The molecule has 0 bridgehead atoms. The van der Waals surface area contributed by atoms with Gasteiger partial charge in [0.25, 0.3) is 5.91 Å². The van der Waals surface area contributed by atoms with Crippen LogP contribution in [0.1, 0.15) is 36.7 Å². The molecule has 1 aromatic carbocycles. The predicted molar refractivity (Wildman–Crippen MR) is 54.6 cm³/mol. The molecule has 14 heavy (non-hydrogen) atoms. The van der Waals surface area contributed by atoms with E-state index >= 15 is 0 Å². The number of benzene rings is 1. The van der Waals surface area contributed by atoms with E-state index in [2.05, 4.69) is 25.9 Å². The van der Waals surface area contributed by atoms with E-state index in [1.807, 2.05) is 12.1 Å². The van der Waals surface area contributed by atoms with Crippen molar-refractivity contribution in [3.8, 4) is 0 Å². The zero-order valence-electron chi connectivity index (χ0n) is 8.66. The number of carbonyl (C=O) groups is 1. The van der Waals surface area contributed by atoms with E-state index < -0.39 is 5.91 Å². The fourth-order valence-corrected chi connectivity index (χ4v) is 1.18. The molecule has 1 N–H and O–H groups in total. The second kappa shape index (κ2) is 3.70. The van der Waals surface area contributed by atoms with Crippen molar-refractivity contribution in [2.45, 2.75) is 26.2 Å². The highest BCUT2D eigenvalue weighted by molar-refractivity contribution is 5.94. The van der Waals surface area contributed by atoms with Crippen molar-refractivity contribution in [3.63, 3.8) is 0 Å². The maximum absolute atomic E-state index is 11.0. The molecule has 0 unspecified atom stereocenters. The zero-order chi connectivity index (χ0) is 10.8. The molecule has 0 saturated carbocycles. The monoisotopic (exact) mass is 190 g/mol. The fourth-order valence-electron chi connectivity index (χ4n) is 1.18. The van der Waals surface area contributed by atoms with E-state index in [9.17, 15) is 4.79 Å². The Hall–Kier alpha value is -1.51. The van der Waals surface area contributed by atoms with Gasteiger partial charge in [0.15, 0.2) is 0 Å². The highest BCUT2D eigenvalue weighted by Crippen LogP contribution is 2.22. The topological polar surface area (TPSA) is 53.3 Å². The molecular formula is C11H14N2O. The van der Waals surface area contributed by atoms with Gasteiger partial charge in [0.2, 0.25) is 0 Å². The molecule has 0 atom stereocenters. The van der Waals surface area contributed by atoms with Crippen LogP contribution in [0, 0.1) is 5.53 Å². The van der Waals surface area contributed by atoms with Crippen LogP contribution in [0.4, 0.5) is 0 Å². The SMILES string of the molecule is CC(C)(C)c1ccc(C(=O)N=N)cc1. The minimum Gasteiger partial charge on any atom is -0.265 e. The van der Waals surface area contributed by atoms with Gasteiger partial charge in [-0.3, -0.25) is 4.79 Å². The maximum Gasteiger partial charge on any atom is 0.294 e. The van der Waals surface area contributed by atoms with Crippen molar-refractivity contribution >= 4 is 5.91 Å². The standard InChI is InChI=1S/C11H14N2O/c1-11(2,3)9-6-4-8(5-7-9)10(14)13-12/h4-7,12H,1-3H3. The maximum atomic E-state index is 11.0. The van der Waals surface area contributed by atoms with Crippen molar-refractivity contribution in [1.82, 2.24) is 0 Å². The van der Waals surface area contributed by atoms with Crippen molar-refractivity contribution in [3.05, 3.63) is 35.4 Å². The first-order valence-corrected chi connectivity index (χ1v) is 4.47. The predicted octanol–water partition coefficient (Wildman–Crippen LogP) is 3.16. The molecule has 0 aliphatic heterocycles. The zero-order valence-corrected chi connectivity index (χ0v) is 8.66. The number of nitrogens with one attached hydrogen (secondary N) is 1. The third-order valence-corrected chi connectivity index (χ3v) is 2.10. The second-order valence-corrected chi connectivity index (χ2v) is 4.24. The average Bonchev–Trinajstić information content (AvgIpc) is 2.15. The summed E-state index contributed by atoms with van der Waals surface area (Å²) in [5.41, 5.74) is 8.31. The lowest BCUT2D eigenvalue weighted by Crippen LogP contribution is -2.11. The smallest absolute Gasteiger partial charge is 0.265 e. The van der Waals surface area contributed by atoms with E-state index in [4.69, 9.17) is 5.53 Å². The Morgan fingerprint density at radius 1 is 1.21 bits per heavy atom. The minimum atomic E-state index is -0.495. The summed E-state index contributed by atoms with van der Waals surface area (Å²) in [4.78, 5) is 11.0. The lowest BCUT2D eigenvalue weighted by atomic mass is 9.87. The molecule has 0 saturated heterocycles. The van der Waals surface area contributed by atoms with Gasteiger partial charge < -0.3 is 0 Å². The fraction of sp³-hybridized carbons (Fsp3) is 0.364. The van der Waals surface area contributed by atoms with Gasteiger partial charge in [-0.15, -0.1) is 5.11 Å². The van der Waals surface area contributed by atoms with Crippen LogP contribution in [0.25, 0.3) is 0 Å². The first-order valence-electron chi connectivity index (χ1n) is 4.47. The summed E-state index contributed by atoms with van der Waals surface area (Å²) in [7, 11) is 0. The summed E-state index contributed by atoms with van der Waals surface area (Å²) in [6, 6.07) is 7.22. The first-order chi connectivity index (χ1) is 6.45. The van der Waals surface area contributed by atoms with Crippen molar-refractivity contribution in [1.29, 1.82) is 5.53 Å². The van der Waals surface area contributed by atoms with Gasteiger partial charge in [0, 0.05) is 5.56 Å². The Kier molecular flexibility index (Phi) is 2.79. The number of amides is 1. The van der Waals surface area contributed by atoms with Crippen LogP contribution in [-0.2, 0) is 5.41 Å². The number of hydrogen-bond donors (Lipinski definition) is 1. The first kappa shape index (κ1) is 10.6. The van der Waals surface area contributed by atoms with Gasteiger partial charge in [0.05, 0.1) is 0 Å². The largest absolute Gasteiger partial charge is 0.294 e. The summed E-state index contributed by atoms with van der Waals surface area (Å²) in [6.07, 6.45) is 0. The second-order valence-electron chi connectivity index (χ2n) is 4.24. The van der Waals surface area contributed by atoms with Crippen LogP contribution in [0.5, 0.6) is 0 Å². The molecule has 0 aliphatic carbocycles. The quantitative estimate of drug-likeness (QED) is 0.679. The van der Waals surface area contributed by atoms with E-state index in [-0.39, 0.29) is 5.41 Å². The summed E-state index contributed by atoms with van der Waals surface area (Å²) >= 11 is 0. The summed E-state index contributed by atoms with van der Waals surface area (Å²) in [5, 5.41) is 2.86. The normalized spacial score (nSPS) is 11.1. The molecule has 1 rings (SSSR count). The highest BCUT2D eigenvalue weighted by Gasteiger charge is 2.13. The van der Waals surface area contributed by atoms with Crippen molar-refractivity contribution < 1.29 is 4.79 Å². The molecule has 1 aromatic rings. The third-order valence-electron chi connectivity index (χ3n) is 2.10. The van der Waals surface area contributed by atoms with Gasteiger partial charge in [-0.25, -0.2) is 5.53 Å². The van der Waals surface area contributed by atoms with Crippen molar-refractivity contribution in [2.24, 2.45) is 5.11 Å². The summed E-state index contributed by atoms with van der Waals surface area (Å²) < 4.78 is 0. The minimum absolute atomic E-state index is 0.0830. The van der Waals surface area contributed by atoms with E-state index in [1.165, 1.54) is 5.56 Å². The van der Waals surface area contributed by atoms with Crippen LogP contribution >= 0.6 is 0 Å². The van der Waals surface area contributed by atoms with Crippen molar-refractivity contribution in [2.75, 3.05) is 0 Å². The summed E-state index contributed by atoms with van der Waals surface area (Å²) in [6.45, 7) is 6.33. The van der Waals surface area contributed by atoms with Gasteiger partial charge >= 0.3 is 0 Å². The number of rotatable bonds is 1. The van der Waals surface area contributed by atoms with Gasteiger partial charge in [-0.1, -0.05) is 32.9 Å². The van der Waals surface area contributed by atoms with E-state index in [1.54, 1.807) is 12.1 Å². The molecule has 0 fully saturated rings. The van der Waals surface area contributed by atoms with Crippen LogP contribution in [0.15, 0.2) is 29.4 Å². The Morgan fingerprint density at radius 3 is 2.07 bits per heavy atom. The highest BCUT2D eigenvalue weighted by atomic mass is 16.1. The molecule has 0 heterocycles. The molecule has 3 heteroatoms. The number of hydrogen-bond acceptors (Lipinski definition) is 2. The van der Waals surface area contributed by atoms with Crippen LogP contribution in [-0.4, -0.2) is 5.91 Å². The lowest BCUT2D eigenvalue weighted by molar-refractivity contribution is 0.0991. The molecule has 0 aliphatic rings. The van der Waals surface area contributed by atoms with Gasteiger partial charge in [0.1, 0.15) is 0 Å². The number of nitrogens with zero attached hydrogens (tertiary/aromatic N) is 1. The molecule has 0 radical (unpaired) electrons. The Bertz CT molecular complexity index is 347. The summed E-state index contributed by atoms with van der Waals surface area (Å²) in [5.74, 6) is -0.495. The van der Waals surface area contributed by atoms with E-state index in [0.29, 0.717) is 5.56 Å². The Morgan fingerprint density at radius 2 is 1.71 bits per heavy atom.